The van der Waals surface area contributed by atoms with Crippen LogP contribution in [0.25, 0.3) is 0 Å². The molecule has 3 nitrogen and oxygen atoms in total. The Morgan fingerprint density at radius 3 is 2.22 bits per heavy atom. The first-order valence-electron chi connectivity index (χ1n) is 5.76. The molecule has 4 heteroatoms. The minimum Gasteiger partial charge on any atom is -0.460 e. The molecule has 0 unspecified atom stereocenters. The van der Waals surface area contributed by atoms with E-state index in [1.807, 2.05) is 12.1 Å². The van der Waals surface area contributed by atoms with Crippen molar-refractivity contribution < 1.29 is 14.3 Å². The lowest BCUT2D eigenvalue weighted by molar-refractivity contribution is -0.157. The standard InChI is InChI=1S/C14H17ClO3/c1-14(2,3)12(16)13(17)18-9-8-10-4-6-11(15)7-5-10/h4-7H,8-9H2,1-3H3. The minimum absolute atomic E-state index is 0.197. The van der Waals surface area contributed by atoms with Gasteiger partial charge in [0.05, 0.1) is 6.61 Å². The Kier molecular flexibility index (Phi) is 4.91. The normalized spacial score (nSPS) is 11.1. The first-order valence-corrected chi connectivity index (χ1v) is 6.14. The second kappa shape index (κ2) is 6.01. The van der Waals surface area contributed by atoms with Crippen LogP contribution < -0.4 is 0 Å². The third-order valence-electron chi connectivity index (χ3n) is 2.40. The Morgan fingerprint density at radius 2 is 1.72 bits per heavy atom. The van der Waals surface area contributed by atoms with Crippen molar-refractivity contribution in [1.29, 1.82) is 0 Å². The number of esters is 1. The van der Waals surface area contributed by atoms with E-state index < -0.39 is 17.2 Å². The van der Waals surface area contributed by atoms with Gasteiger partial charge in [-0.15, -0.1) is 0 Å². The van der Waals surface area contributed by atoms with Gasteiger partial charge in [0, 0.05) is 16.9 Å². The van der Waals surface area contributed by atoms with Gasteiger partial charge in [-0.25, -0.2) is 4.79 Å². The third-order valence-corrected chi connectivity index (χ3v) is 2.66. The number of hydrogen-bond acceptors (Lipinski definition) is 3. The summed E-state index contributed by atoms with van der Waals surface area (Å²) < 4.78 is 4.94. The van der Waals surface area contributed by atoms with Crippen molar-refractivity contribution in [3.05, 3.63) is 34.9 Å². The molecule has 0 aliphatic carbocycles. The second-order valence-electron chi connectivity index (χ2n) is 5.09. The van der Waals surface area contributed by atoms with E-state index in [1.54, 1.807) is 32.9 Å². The Balaban J connectivity index is 2.41. The number of ketones is 1. The van der Waals surface area contributed by atoms with Crippen LogP contribution in [0.1, 0.15) is 26.3 Å². The van der Waals surface area contributed by atoms with E-state index >= 15 is 0 Å². The molecule has 0 saturated heterocycles. The largest absolute Gasteiger partial charge is 0.460 e. The summed E-state index contributed by atoms with van der Waals surface area (Å²) in [7, 11) is 0. The van der Waals surface area contributed by atoms with Gasteiger partial charge in [0.25, 0.3) is 0 Å². The Hall–Kier alpha value is -1.35. The SMILES string of the molecule is CC(C)(C)C(=O)C(=O)OCCc1ccc(Cl)cc1. The molecule has 1 aromatic carbocycles. The lowest BCUT2D eigenvalue weighted by atomic mass is 9.91. The van der Waals surface area contributed by atoms with Gasteiger partial charge in [-0.2, -0.15) is 0 Å². The summed E-state index contributed by atoms with van der Waals surface area (Å²) in [6.45, 7) is 5.27. The van der Waals surface area contributed by atoms with E-state index in [0.29, 0.717) is 11.4 Å². The molecule has 0 fully saturated rings. The van der Waals surface area contributed by atoms with E-state index in [4.69, 9.17) is 16.3 Å². The molecule has 0 radical (unpaired) electrons. The van der Waals surface area contributed by atoms with Crippen LogP contribution in [0.5, 0.6) is 0 Å². The molecule has 0 N–H and O–H groups in total. The number of carbonyl (C=O) groups excluding carboxylic acids is 2. The Labute approximate surface area is 112 Å². The zero-order valence-electron chi connectivity index (χ0n) is 10.8. The fourth-order valence-electron chi connectivity index (χ4n) is 1.28. The zero-order chi connectivity index (χ0) is 13.8. The van der Waals surface area contributed by atoms with Crippen molar-refractivity contribution in [2.45, 2.75) is 27.2 Å². The predicted octanol–water partition coefficient (Wildman–Crippen LogP) is 3.04. The quantitative estimate of drug-likeness (QED) is 0.623. The number of ether oxygens (including phenoxy) is 1. The highest BCUT2D eigenvalue weighted by Gasteiger charge is 2.29. The van der Waals surface area contributed by atoms with Crippen molar-refractivity contribution in [1.82, 2.24) is 0 Å². The Morgan fingerprint density at radius 1 is 1.17 bits per heavy atom. The van der Waals surface area contributed by atoms with Crippen LogP contribution in [0.4, 0.5) is 0 Å². The number of rotatable bonds is 4. The van der Waals surface area contributed by atoms with Gasteiger partial charge in [0.2, 0.25) is 5.78 Å². The maximum atomic E-state index is 11.6. The molecule has 0 aliphatic heterocycles. The zero-order valence-corrected chi connectivity index (χ0v) is 11.6. The van der Waals surface area contributed by atoms with Crippen molar-refractivity contribution in [2.24, 2.45) is 5.41 Å². The van der Waals surface area contributed by atoms with Crippen LogP contribution in [-0.2, 0) is 20.7 Å². The van der Waals surface area contributed by atoms with E-state index in [2.05, 4.69) is 0 Å². The van der Waals surface area contributed by atoms with E-state index in [-0.39, 0.29) is 6.61 Å². The molecule has 0 heterocycles. The maximum absolute atomic E-state index is 11.6. The topological polar surface area (TPSA) is 43.4 Å². The van der Waals surface area contributed by atoms with Crippen molar-refractivity contribution in [2.75, 3.05) is 6.61 Å². The molecule has 0 atom stereocenters. The molecule has 0 spiro atoms. The molecule has 0 aromatic heterocycles. The second-order valence-corrected chi connectivity index (χ2v) is 5.53. The predicted molar refractivity (Wildman–Crippen MR) is 70.6 cm³/mol. The van der Waals surface area contributed by atoms with E-state index in [1.165, 1.54) is 0 Å². The van der Waals surface area contributed by atoms with Gasteiger partial charge < -0.3 is 4.74 Å². The summed E-state index contributed by atoms with van der Waals surface area (Å²) in [5, 5.41) is 0.665. The first kappa shape index (κ1) is 14.7. The highest BCUT2D eigenvalue weighted by atomic mass is 35.5. The van der Waals surface area contributed by atoms with E-state index in [9.17, 15) is 9.59 Å². The maximum Gasteiger partial charge on any atom is 0.375 e. The fourth-order valence-corrected chi connectivity index (χ4v) is 1.41. The average Bonchev–Trinajstić information content (AvgIpc) is 2.29. The fraction of sp³-hybridized carbons (Fsp3) is 0.429. The molecule has 98 valence electrons. The van der Waals surface area contributed by atoms with Crippen LogP contribution in [-0.4, -0.2) is 18.4 Å². The summed E-state index contributed by atoms with van der Waals surface area (Å²) in [4.78, 5) is 23.0. The lowest BCUT2D eigenvalue weighted by Crippen LogP contribution is -2.30. The third kappa shape index (κ3) is 4.49. The summed E-state index contributed by atoms with van der Waals surface area (Å²) in [6.07, 6.45) is 0.570. The molecule has 18 heavy (non-hydrogen) atoms. The van der Waals surface area contributed by atoms with Crippen LogP contribution in [0.15, 0.2) is 24.3 Å². The van der Waals surface area contributed by atoms with Crippen LogP contribution >= 0.6 is 11.6 Å². The van der Waals surface area contributed by atoms with Gasteiger partial charge in [0.1, 0.15) is 0 Å². The molecule has 1 rings (SSSR count). The van der Waals surface area contributed by atoms with Crippen LogP contribution in [0, 0.1) is 5.41 Å². The molecular formula is C14H17ClO3. The van der Waals surface area contributed by atoms with Gasteiger partial charge in [-0.1, -0.05) is 44.5 Å². The summed E-state index contributed by atoms with van der Waals surface area (Å²) in [5.74, 6) is -1.27. The molecule has 0 bridgehead atoms. The van der Waals surface area contributed by atoms with Gasteiger partial charge in [-0.3, -0.25) is 4.79 Å². The van der Waals surface area contributed by atoms with Gasteiger partial charge in [-0.05, 0) is 17.7 Å². The smallest absolute Gasteiger partial charge is 0.375 e. The number of Topliss-reactive ketones (excluding diaryl/α,β-unsaturated/α-hetero) is 1. The highest BCUT2D eigenvalue weighted by Crippen LogP contribution is 2.15. The molecule has 0 saturated carbocycles. The highest BCUT2D eigenvalue weighted by molar-refractivity contribution is 6.35. The number of hydrogen-bond donors (Lipinski definition) is 0. The van der Waals surface area contributed by atoms with Gasteiger partial charge in [0.15, 0.2) is 0 Å². The van der Waals surface area contributed by atoms with Crippen molar-refractivity contribution >= 4 is 23.4 Å². The van der Waals surface area contributed by atoms with Crippen LogP contribution in [0.2, 0.25) is 5.02 Å². The van der Waals surface area contributed by atoms with E-state index in [0.717, 1.165) is 5.56 Å². The van der Waals surface area contributed by atoms with Gasteiger partial charge >= 0.3 is 5.97 Å². The monoisotopic (exact) mass is 268 g/mol. The van der Waals surface area contributed by atoms with Crippen molar-refractivity contribution in [3.8, 4) is 0 Å². The summed E-state index contributed by atoms with van der Waals surface area (Å²) in [6, 6.07) is 7.28. The molecular weight excluding hydrogens is 252 g/mol. The summed E-state index contributed by atoms with van der Waals surface area (Å²) >= 11 is 5.76. The number of carbonyl (C=O) groups is 2. The minimum atomic E-state index is -0.767. The number of halogens is 1. The number of benzene rings is 1. The molecule has 1 aromatic rings. The lowest BCUT2D eigenvalue weighted by Gasteiger charge is -2.14. The molecule has 0 amide bonds. The molecule has 0 aliphatic rings. The average molecular weight is 269 g/mol. The first-order chi connectivity index (χ1) is 8.30. The Bertz CT molecular complexity index is 429. The van der Waals surface area contributed by atoms with Crippen LogP contribution in [0.3, 0.4) is 0 Å². The van der Waals surface area contributed by atoms with Crippen molar-refractivity contribution in [3.63, 3.8) is 0 Å². The summed E-state index contributed by atoms with van der Waals surface area (Å²) in [5.41, 5.74) is 0.313.